The highest BCUT2D eigenvalue weighted by Gasteiger charge is 2.53. The van der Waals surface area contributed by atoms with Gasteiger partial charge in [-0.1, -0.05) is 13.8 Å². The van der Waals surface area contributed by atoms with Crippen molar-refractivity contribution in [2.45, 2.75) is 32.5 Å². The Morgan fingerprint density at radius 1 is 1.56 bits per heavy atom. The minimum absolute atomic E-state index is 0.000255. The number of hydrogen-bond acceptors (Lipinski definition) is 4. The van der Waals surface area contributed by atoms with E-state index in [0.717, 1.165) is 4.90 Å². The number of carboxylic acids is 1. The normalized spacial score (nSPS) is 29.6. The Balaban J connectivity index is 3.06. The number of hydrogen-bond donors (Lipinski definition) is 1. The predicted octanol–water partition coefficient (Wildman–Crippen LogP) is 0.910. The van der Waals surface area contributed by atoms with Gasteiger partial charge in [-0.15, -0.1) is 0 Å². The van der Waals surface area contributed by atoms with Crippen LogP contribution in [0.1, 0.15) is 20.8 Å². The van der Waals surface area contributed by atoms with E-state index < -0.39 is 23.8 Å². The SMILES string of the molecule is COC(=O)N1[C@@H](C(C)C)OC[C@@]1(C)C(=O)O. The second-order valence-corrected chi connectivity index (χ2v) is 4.36. The number of aliphatic carboxylic acids is 1. The average Bonchev–Trinajstić information content (AvgIpc) is 2.56. The van der Waals surface area contributed by atoms with Crippen LogP contribution in [0.5, 0.6) is 0 Å². The Bertz CT molecular complexity index is 304. The average molecular weight is 231 g/mol. The molecule has 6 nitrogen and oxygen atoms in total. The minimum atomic E-state index is -1.36. The van der Waals surface area contributed by atoms with Gasteiger partial charge in [0.1, 0.15) is 6.23 Å². The lowest BCUT2D eigenvalue weighted by atomic mass is 10.0. The third-order valence-electron chi connectivity index (χ3n) is 2.72. The van der Waals surface area contributed by atoms with Gasteiger partial charge in [0, 0.05) is 0 Å². The van der Waals surface area contributed by atoms with E-state index in [9.17, 15) is 9.59 Å². The van der Waals surface area contributed by atoms with Gasteiger partial charge in [0.05, 0.1) is 13.7 Å². The highest BCUT2D eigenvalue weighted by Crippen LogP contribution is 2.31. The zero-order chi connectivity index (χ0) is 12.5. The highest BCUT2D eigenvalue weighted by atomic mass is 16.6. The van der Waals surface area contributed by atoms with Crippen molar-refractivity contribution in [3.05, 3.63) is 0 Å². The van der Waals surface area contributed by atoms with Crippen molar-refractivity contribution < 1.29 is 24.2 Å². The molecule has 1 saturated heterocycles. The molecule has 0 radical (unpaired) electrons. The van der Waals surface area contributed by atoms with Crippen molar-refractivity contribution in [1.29, 1.82) is 0 Å². The zero-order valence-electron chi connectivity index (χ0n) is 9.89. The number of ether oxygens (including phenoxy) is 2. The Morgan fingerprint density at radius 3 is 2.50 bits per heavy atom. The molecule has 6 heteroatoms. The van der Waals surface area contributed by atoms with Gasteiger partial charge in [-0.2, -0.15) is 0 Å². The lowest BCUT2D eigenvalue weighted by molar-refractivity contribution is -0.147. The van der Waals surface area contributed by atoms with Gasteiger partial charge >= 0.3 is 12.1 Å². The van der Waals surface area contributed by atoms with Gasteiger partial charge in [0.2, 0.25) is 0 Å². The number of methoxy groups -OCH3 is 1. The first-order valence-corrected chi connectivity index (χ1v) is 5.07. The van der Waals surface area contributed by atoms with Crippen LogP contribution in [0.15, 0.2) is 0 Å². The molecule has 92 valence electrons. The van der Waals surface area contributed by atoms with Crippen molar-refractivity contribution in [2.75, 3.05) is 13.7 Å². The van der Waals surface area contributed by atoms with Crippen molar-refractivity contribution in [3.63, 3.8) is 0 Å². The summed E-state index contributed by atoms with van der Waals surface area (Å²) < 4.78 is 9.97. The van der Waals surface area contributed by atoms with Gasteiger partial charge < -0.3 is 14.6 Å². The number of nitrogens with zero attached hydrogens (tertiary/aromatic N) is 1. The quantitative estimate of drug-likeness (QED) is 0.764. The van der Waals surface area contributed by atoms with E-state index in [-0.39, 0.29) is 12.5 Å². The number of carbonyl (C=O) groups is 2. The van der Waals surface area contributed by atoms with Gasteiger partial charge in [-0.25, -0.2) is 9.59 Å². The molecule has 1 fully saturated rings. The summed E-state index contributed by atoms with van der Waals surface area (Å²) in [6, 6.07) is 0. The summed E-state index contributed by atoms with van der Waals surface area (Å²) in [6.45, 7) is 5.14. The number of carboxylic acid groups (broad SMARTS) is 1. The fourth-order valence-electron chi connectivity index (χ4n) is 1.73. The minimum Gasteiger partial charge on any atom is -0.479 e. The molecule has 0 saturated carbocycles. The predicted molar refractivity (Wildman–Crippen MR) is 54.9 cm³/mol. The standard InChI is InChI=1S/C10H17NO5/c1-6(2)7-11(9(14)15-4)10(3,5-16-7)8(12)13/h6-7H,5H2,1-4H3,(H,12,13)/t7-,10+/m1/s1. The second-order valence-electron chi connectivity index (χ2n) is 4.36. The first kappa shape index (κ1) is 12.8. The molecule has 0 bridgehead atoms. The van der Waals surface area contributed by atoms with Crippen LogP contribution in [-0.2, 0) is 14.3 Å². The highest BCUT2D eigenvalue weighted by molar-refractivity contribution is 5.84. The summed E-state index contributed by atoms with van der Waals surface area (Å²) in [5.41, 5.74) is -1.36. The van der Waals surface area contributed by atoms with E-state index in [2.05, 4.69) is 4.74 Å². The molecule has 0 aromatic carbocycles. The molecule has 1 amide bonds. The lowest BCUT2D eigenvalue weighted by Gasteiger charge is -2.32. The van der Waals surface area contributed by atoms with Gasteiger partial charge in [0.25, 0.3) is 0 Å². The summed E-state index contributed by atoms with van der Waals surface area (Å²) in [6.07, 6.45) is -1.24. The van der Waals surface area contributed by atoms with E-state index in [1.54, 1.807) is 0 Å². The Hall–Kier alpha value is -1.30. The smallest absolute Gasteiger partial charge is 0.412 e. The van der Waals surface area contributed by atoms with Crippen molar-refractivity contribution in [1.82, 2.24) is 4.90 Å². The van der Waals surface area contributed by atoms with E-state index in [1.165, 1.54) is 14.0 Å². The number of carbonyl (C=O) groups excluding carboxylic acids is 1. The van der Waals surface area contributed by atoms with Crippen LogP contribution in [0.25, 0.3) is 0 Å². The molecule has 0 aromatic heterocycles. The summed E-state index contributed by atoms with van der Waals surface area (Å²) in [5, 5.41) is 9.16. The molecule has 2 atom stereocenters. The summed E-state index contributed by atoms with van der Waals surface area (Å²) in [7, 11) is 1.22. The molecular formula is C10H17NO5. The molecule has 0 aliphatic carbocycles. The molecular weight excluding hydrogens is 214 g/mol. The van der Waals surface area contributed by atoms with Crippen LogP contribution in [0.4, 0.5) is 4.79 Å². The van der Waals surface area contributed by atoms with Crippen LogP contribution >= 0.6 is 0 Å². The monoisotopic (exact) mass is 231 g/mol. The molecule has 1 N–H and O–H groups in total. The molecule has 1 heterocycles. The number of amides is 1. The third-order valence-corrected chi connectivity index (χ3v) is 2.72. The van der Waals surface area contributed by atoms with Crippen LogP contribution in [0.3, 0.4) is 0 Å². The van der Waals surface area contributed by atoms with Crippen molar-refractivity contribution >= 4 is 12.1 Å². The van der Waals surface area contributed by atoms with Crippen LogP contribution < -0.4 is 0 Å². The molecule has 0 unspecified atom stereocenters. The van der Waals surface area contributed by atoms with E-state index >= 15 is 0 Å². The molecule has 1 rings (SSSR count). The lowest BCUT2D eigenvalue weighted by Crippen LogP contribution is -2.56. The number of rotatable bonds is 2. The first-order chi connectivity index (χ1) is 7.34. The molecule has 1 aliphatic rings. The molecule has 16 heavy (non-hydrogen) atoms. The summed E-state index contributed by atoms with van der Waals surface area (Å²) >= 11 is 0. The second kappa shape index (κ2) is 4.29. The van der Waals surface area contributed by atoms with Crippen LogP contribution in [0.2, 0.25) is 0 Å². The van der Waals surface area contributed by atoms with E-state index in [0.29, 0.717) is 0 Å². The molecule has 1 aliphatic heterocycles. The van der Waals surface area contributed by atoms with Crippen molar-refractivity contribution in [2.24, 2.45) is 5.92 Å². The van der Waals surface area contributed by atoms with Crippen molar-refractivity contribution in [3.8, 4) is 0 Å². The fraction of sp³-hybridized carbons (Fsp3) is 0.800. The fourth-order valence-corrected chi connectivity index (χ4v) is 1.73. The molecule has 0 spiro atoms. The van der Waals surface area contributed by atoms with Crippen LogP contribution in [0, 0.1) is 5.92 Å². The first-order valence-electron chi connectivity index (χ1n) is 5.07. The Morgan fingerprint density at radius 2 is 2.12 bits per heavy atom. The van der Waals surface area contributed by atoms with Gasteiger partial charge in [0.15, 0.2) is 5.54 Å². The third kappa shape index (κ3) is 1.84. The maximum Gasteiger partial charge on any atom is 0.412 e. The zero-order valence-corrected chi connectivity index (χ0v) is 9.89. The maximum atomic E-state index is 11.6. The Kier molecular flexibility index (Phi) is 3.42. The summed E-state index contributed by atoms with van der Waals surface area (Å²) in [5.74, 6) is -1.10. The van der Waals surface area contributed by atoms with Gasteiger partial charge in [-0.3, -0.25) is 4.90 Å². The Labute approximate surface area is 94.1 Å². The topological polar surface area (TPSA) is 76.1 Å². The maximum absolute atomic E-state index is 11.6. The largest absolute Gasteiger partial charge is 0.479 e. The van der Waals surface area contributed by atoms with Gasteiger partial charge in [-0.05, 0) is 12.8 Å². The van der Waals surface area contributed by atoms with Crippen LogP contribution in [-0.4, -0.2) is 47.6 Å². The molecule has 0 aromatic rings. The van der Waals surface area contributed by atoms with E-state index in [1.807, 2.05) is 13.8 Å². The van der Waals surface area contributed by atoms with E-state index in [4.69, 9.17) is 9.84 Å². The summed E-state index contributed by atoms with van der Waals surface area (Å²) in [4.78, 5) is 24.0.